The van der Waals surface area contributed by atoms with Crippen molar-refractivity contribution in [2.24, 2.45) is 0 Å². The summed E-state index contributed by atoms with van der Waals surface area (Å²) in [6, 6.07) is 14.3. The number of nitrogens with zero attached hydrogens (tertiary/aromatic N) is 3. The number of nitrogens with one attached hydrogen (secondary N) is 2. The van der Waals surface area contributed by atoms with Gasteiger partial charge in [-0.05, 0) is 56.7 Å². The molecule has 2 N–H and O–H groups in total. The summed E-state index contributed by atoms with van der Waals surface area (Å²) in [6.45, 7) is 7.74. The van der Waals surface area contributed by atoms with Crippen LogP contribution in [0.1, 0.15) is 35.3 Å². The van der Waals surface area contributed by atoms with Gasteiger partial charge < -0.3 is 0 Å². The van der Waals surface area contributed by atoms with E-state index in [9.17, 15) is 18.0 Å². The van der Waals surface area contributed by atoms with E-state index < -0.39 is 22.0 Å². The molecule has 0 radical (unpaired) electrons. The minimum atomic E-state index is -4.08. The molecule has 36 heavy (non-hydrogen) atoms. The molecule has 0 spiro atoms. The van der Waals surface area contributed by atoms with Gasteiger partial charge in [-0.3, -0.25) is 19.7 Å². The number of imide groups is 1. The van der Waals surface area contributed by atoms with Crippen molar-refractivity contribution in [2.75, 3.05) is 0 Å². The number of carbonyl (C=O) groups excluding carboxylic acids is 2. The molecule has 2 heterocycles. The molecule has 2 aromatic heterocycles. The van der Waals surface area contributed by atoms with Crippen molar-refractivity contribution in [1.29, 1.82) is 0 Å². The summed E-state index contributed by atoms with van der Waals surface area (Å²) in [4.78, 5) is 33.7. The molecule has 0 bridgehead atoms. The van der Waals surface area contributed by atoms with E-state index in [0.717, 1.165) is 45.9 Å². The first-order valence-electron chi connectivity index (χ1n) is 11.5. The number of aromatic nitrogens is 3. The maximum absolute atomic E-state index is 12.4. The molecule has 0 aliphatic carbocycles. The highest BCUT2D eigenvalue weighted by Crippen LogP contribution is 2.24. The summed E-state index contributed by atoms with van der Waals surface area (Å²) in [5.74, 6) is 0.274. The number of fused-ring (bicyclic) bond motifs is 1. The molecule has 0 atom stereocenters. The van der Waals surface area contributed by atoms with E-state index >= 15 is 0 Å². The van der Waals surface area contributed by atoms with E-state index in [-0.39, 0.29) is 11.3 Å². The van der Waals surface area contributed by atoms with Crippen molar-refractivity contribution < 1.29 is 18.0 Å². The summed E-state index contributed by atoms with van der Waals surface area (Å²) >= 11 is 0. The molecule has 0 unspecified atom stereocenters. The number of carbonyl (C=O) groups is 2. The zero-order valence-electron chi connectivity index (χ0n) is 20.5. The van der Waals surface area contributed by atoms with Gasteiger partial charge in [-0.1, -0.05) is 36.8 Å². The Morgan fingerprint density at radius 1 is 0.944 bits per heavy atom. The third kappa shape index (κ3) is 5.28. The molecule has 2 aromatic carbocycles. The minimum absolute atomic E-state index is 0.0640. The Hall–Kier alpha value is -4.05. The number of imidazole rings is 1. The fourth-order valence-corrected chi connectivity index (χ4v) is 4.90. The largest absolute Gasteiger partial charge is 0.335 e. The Balaban J connectivity index is 1.45. The van der Waals surface area contributed by atoms with Gasteiger partial charge in [0.05, 0.1) is 22.5 Å². The third-order valence-electron chi connectivity index (χ3n) is 5.70. The van der Waals surface area contributed by atoms with Crippen LogP contribution in [0.25, 0.3) is 16.7 Å². The lowest BCUT2D eigenvalue weighted by Crippen LogP contribution is -2.42. The van der Waals surface area contributed by atoms with Crippen molar-refractivity contribution in [3.8, 4) is 5.69 Å². The average Bonchev–Trinajstić information content (AvgIpc) is 3.18. The molecular weight excluding hydrogens is 478 g/mol. The third-order valence-corrected chi connectivity index (χ3v) is 7.05. The molecular formula is C26H27N5O4S. The van der Waals surface area contributed by atoms with Crippen LogP contribution < -0.4 is 10.0 Å². The lowest BCUT2D eigenvalue weighted by atomic mass is 10.1. The van der Waals surface area contributed by atoms with Crippen LogP contribution >= 0.6 is 0 Å². The van der Waals surface area contributed by atoms with Gasteiger partial charge in [-0.25, -0.2) is 22.9 Å². The van der Waals surface area contributed by atoms with Crippen LogP contribution in [0.4, 0.5) is 4.79 Å². The highest BCUT2D eigenvalue weighted by atomic mass is 32.2. The second kappa shape index (κ2) is 9.90. The van der Waals surface area contributed by atoms with E-state index in [4.69, 9.17) is 4.98 Å². The standard InChI is InChI=1S/C26H27N5O4S/c1-5-23-28-25-18(4)27-17(3)14-22(25)31(23)20-10-8-19(9-11-20)15-24(32)29-26(33)30-36(34,35)21-12-6-16(2)7-13-21/h6-14H,5,15H2,1-4H3,(H2,29,30,32,33). The van der Waals surface area contributed by atoms with Crippen LogP contribution in [-0.4, -0.2) is 34.9 Å². The van der Waals surface area contributed by atoms with Crippen molar-refractivity contribution in [3.63, 3.8) is 0 Å². The van der Waals surface area contributed by atoms with Gasteiger partial charge in [-0.15, -0.1) is 0 Å². The predicted octanol–water partition coefficient (Wildman–Crippen LogP) is 3.67. The Labute approximate surface area is 209 Å². The second-order valence-electron chi connectivity index (χ2n) is 8.57. The van der Waals surface area contributed by atoms with Crippen LogP contribution in [0.5, 0.6) is 0 Å². The van der Waals surface area contributed by atoms with Gasteiger partial charge in [0, 0.05) is 17.8 Å². The zero-order chi connectivity index (χ0) is 26.0. The van der Waals surface area contributed by atoms with Crippen molar-refractivity contribution in [1.82, 2.24) is 24.6 Å². The first-order chi connectivity index (χ1) is 17.1. The Morgan fingerprint density at radius 2 is 1.61 bits per heavy atom. The van der Waals surface area contributed by atoms with Crippen molar-refractivity contribution in [3.05, 3.63) is 82.9 Å². The molecule has 0 fully saturated rings. The van der Waals surface area contributed by atoms with E-state index in [1.54, 1.807) is 24.3 Å². The van der Waals surface area contributed by atoms with Gasteiger partial charge in [0.25, 0.3) is 10.0 Å². The van der Waals surface area contributed by atoms with Crippen molar-refractivity contribution in [2.45, 2.75) is 45.4 Å². The number of rotatable bonds is 6. The lowest BCUT2D eigenvalue weighted by molar-refractivity contribution is -0.119. The Kier molecular flexibility index (Phi) is 6.89. The van der Waals surface area contributed by atoms with Gasteiger partial charge in [0.15, 0.2) is 0 Å². The SMILES string of the molecule is CCc1nc2c(C)nc(C)cc2n1-c1ccc(CC(=O)NC(=O)NS(=O)(=O)c2ccc(C)cc2)cc1. The maximum atomic E-state index is 12.4. The number of aryl methyl sites for hydroxylation is 4. The molecule has 0 saturated heterocycles. The quantitative estimate of drug-likeness (QED) is 0.412. The number of hydrogen-bond donors (Lipinski definition) is 2. The molecule has 4 aromatic rings. The smallest absolute Gasteiger partial charge is 0.296 e. The van der Waals surface area contributed by atoms with Gasteiger partial charge in [-0.2, -0.15) is 0 Å². The van der Waals surface area contributed by atoms with Gasteiger partial charge in [0.1, 0.15) is 11.3 Å². The monoisotopic (exact) mass is 505 g/mol. The predicted molar refractivity (Wildman–Crippen MR) is 136 cm³/mol. The highest BCUT2D eigenvalue weighted by molar-refractivity contribution is 7.90. The van der Waals surface area contributed by atoms with Crippen LogP contribution in [0.15, 0.2) is 59.5 Å². The topological polar surface area (TPSA) is 123 Å². The summed E-state index contributed by atoms with van der Waals surface area (Å²) in [5.41, 5.74) is 6.04. The number of hydrogen-bond acceptors (Lipinski definition) is 6. The fraction of sp³-hybridized carbons (Fsp3) is 0.231. The maximum Gasteiger partial charge on any atom is 0.335 e. The van der Waals surface area contributed by atoms with E-state index in [1.165, 1.54) is 12.1 Å². The van der Waals surface area contributed by atoms with Crippen LogP contribution in [0, 0.1) is 20.8 Å². The van der Waals surface area contributed by atoms with E-state index in [0.29, 0.717) is 5.56 Å². The molecule has 0 saturated carbocycles. The first-order valence-corrected chi connectivity index (χ1v) is 12.9. The summed E-state index contributed by atoms with van der Waals surface area (Å²) in [6.07, 6.45) is 0.643. The molecule has 10 heteroatoms. The molecule has 0 aliphatic rings. The van der Waals surface area contributed by atoms with Crippen LogP contribution in [-0.2, 0) is 27.7 Å². The van der Waals surface area contributed by atoms with Gasteiger partial charge in [0.2, 0.25) is 5.91 Å². The minimum Gasteiger partial charge on any atom is -0.296 e. The Morgan fingerprint density at radius 3 is 2.25 bits per heavy atom. The molecule has 0 aliphatic heterocycles. The number of amides is 3. The first kappa shape index (κ1) is 25.1. The summed E-state index contributed by atoms with van der Waals surface area (Å²) in [7, 11) is -4.08. The zero-order valence-corrected chi connectivity index (χ0v) is 21.3. The number of benzene rings is 2. The molecule has 9 nitrogen and oxygen atoms in total. The highest BCUT2D eigenvalue weighted by Gasteiger charge is 2.19. The fourth-order valence-electron chi connectivity index (χ4n) is 4.00. The summed E-state index contributed by atoms with van der Waals surface area (Å²) in [5, 5.41) is 2.07. The van der Waals surface area contributed by atoms with Crippen LogP contribution in [0.2, 0.25) is 0 Å². The number of urea groups is 1. The van der Waals surface area contributed by atoms with Crippen LogP contribution in [0.3, 0.4) is 0 Å². The van der Waals surface area contributed by atoms with Crippen molar-refractivity contribution >= 4 is 33.0 Å². The van der Waals surface area contributed by atoms with E-state index in [1.807, 2.05) is 50.6 Å². The molecule has 186 valence electrons. The van der Waals surface area contributed by atoms with Gasteiger partial charge >= 0.3 is 6.03 Å². The second-order valence-corrected chi connectivity index (χ2v) is 10.3. The lowest BCUT2D eigenvalue weighted by Gasteiger charge is -2.11. The number of sulfonamides is 1. The van der Waals surface area contributed by atoms with E-state index in [2.05, 4.69) is 14.9 Å². The Bertz CT molecular complexity index is 1560. The summed E-state index contributed by atoms with van der Waals surface area (Å²) < 4.78 is 28.6. The average molecular weight is 506 g/mol. The number of pyridine rings is 1. The normalized spacial score (nSPS) is 11.4. The molecule has 3 amide bonds. The molecule has 4 rings (SSSR count).